The van der Waals surface area contributed by atoms with E-state index in [9.17, 15) is 24.3 Å². The van der Waals surface area contributed by atoms with Crippen LogP contribution in [-0.4, -0.2) is 36.9 Å². The summed E-state index contributed by atoms with van der Waals surface area (Å²) in [5.41, 5.74) is -0.281. The fourth-order valence-corrected chi connectivity index (χ4v) is 9.27. The highest BCUT2D eigenvalue weighted by Crippen LogP contribution is 2.62. The Kier molecular flexibility index (Phi) is 7.49. The first-order chi connectivity index (χ1) is 21.3. The van der Waals surface area contributed by atoms with Crippen molar-refractivity contribution < 1.29 is 33.4 Å². The van der Waals surface area contributed by atoms with Crippen molar-refractivity contribution >= 4 is 28.5 Å². The molecule has 8 nitrogen and oxygen atoms in total. The van der Waals surface area contributed by atoms with Gasteiger partial charge in [-0.25, -0.2) is 0 Å². The number of ether oxygens (including phenoxy) is 2. The fourth-order valence-electron chi connectivity index (χ4n) is 9.27. The summed E-state index contributed by atoms with van der Waals surface area (Å²) in [4.78, 5) is 55.3. The number of aliphatic carboxylic acids is 1. The lowest BCUT2D eigenvalue weighted by Gasteiger charge is -2.56. The molecule has 0 unspecified atom stereocenters. The Hall–Kier alpha value is -3.94. The minimum atomic E-state index is -1.56. The van der Waals surface area contributed by atoms with Crippen molar-refractivity contribution in [3.63, 3.8) is 0 Å². The van der Waals surface area contributed by atoms with Gasteiger partial charge >= 0.3 is 5.97 Å². The Balaban J connectivity index is 1.61. The molecule has 6 rings (SSSR count). The van der Waals surface area contributed by atoms with Crippen molar-refractivity contribution in [3.05, 3.63) is 75.4 Å². The summed E-state index contributed by atoms with van der Waals surface area (Å²) in [5.74, 6) is -3.18. The molecule has 0 radical (unpaired) electrons. The molecule has 0 bridgehead atoms. The summed E-state index contributed by atoms with van der Waals surface area (Å²) in [5, 5.41) is 10.9. The summed E-state index contributed by atoms with van der Waals surface area (Å²) >= 11 is 0. The quantitative estimate of drug-likeness (QED) is 0.364. The highest BCUT2D eigenvalue weighted by atomic mass is 16.5. The van der Waals surface area contributed by atoms with Crippen LogP contribution in [0.15, 0.2) is 68.6 Å². The van der Waals surface area contributed by atoms with Gasteiger partial charge in [-0.15, -0.1) is 0 Å². The van der Waals surface area contributed by atoms with Gasteiger partial charge in [0.1, 0.15) is 22.5 Å². The van der Waals surface area contributed by atoms with Gasteiger partial charge in [0.15, 0.2) is 17.0 Å². The van der Waals surface area contributed by atoms with Crippen LogP contribution in [0.2, 0.25) is 0 Å². The number of carbonyl (C=O) groups excluding carboxylic acids is 2. The maximum atomic E-state index is 14.7. The molecule has 238 valence electrons. The summed E-state index contributed by atoms with van der Waals surface area (Å²) < 4.78 is 17.3. The summed E-state index contributed by atoms with van der Waals surface area (Å²) in [6.07, 6.45) is 9.22. The molecular formula is C37H42O8. The van der Waals surface area contributed by atoms with E-state index in [1.165, 1.54) is 31.9 Å². The lowest BCUT2D eigenvalue weighted by Crippen LogP contribution is -2.58. The smallest absolute Gasteiger partial charge is 0.307 e. The van der Waals surface area contributed by atoms with Crippen molar-refractivity contribution in [2.75, 3.05) is 14.2 Å². The summed E-state index contributed by atoms with van der Waals surface area (Å²) in [6, 6.07) is 6.27. The number of methoxy groups -OCH3 is 2. The van der Waals surface area contributed by atoms with Crippen LogP contribution in [0.3, 0.4) is 0 Å². The van der Waals surface area contributed by atoms with Crippen molar-refractivity contribution in [2.45, 2.75) is 71.6 Å². The molecule has 0 saturated heterocycles. The molecule has 1 aromatic heterocycles. The molecule has 1 N–H and O–H groups in total. The number of Topliss-reactive ketones (excluding diaryl/α,β-unsaturated/α-hetero) is 1. The second-order valence-electron chi connectivity index (χ2n) is 14.3. The Bertz CT molecular complexity index is 1750. The number of carboxylic acids is 1. The van der Waals surface area contributed by atoms with Crippen molar-refractivity contribution in [1.29, 1.82) is 0 Å². The summed E-state index contributed by atoms with van der Waals surface area (Å²) in [6.45, 7) is 8.46. The second-order valence-corrected chi connectivity index (χ2v) is 14.3. The van der Waals surface area contributed by atoms with Gasteiger partial charge in [0, 0.05) is 30.0 Å². The maximum Gasteiger partial charge on any atom is 0.307 e. The van der Waals surface area contributed by atoms with Crippen LogP contribution in [0, 0.1) is 34.5 Å². The highest BCUT2D eigenvalue weighted by molar-refractivity contribution is 6.14. The van der Waals surface area contributed by atoms with Crippen molar-refractivity contribution in [1.82, 2.24) is 0 Å². The number of ketones is 2. The normalized spacial score (nSPS) is 32.5. The lowest BCUT2D eigenvalue weighted by molar-refractivity contribution is -0.151. The van der Waals surface area contributed by atoms with Gasteiger partial charge in [0.05, 0.1) is 25.5 Å². The minimum absolute atomic E-state index is 0.00586. The van der Waals surface area contributed by atoms with Crippen LogP contribution >= 0.6 is 0 Å². The number of fused-ring (bicyclic) bond motifs is 3. The van der Waals surface area contributed by atoms with Gasteiger partial charge < -0.3 is 19.0 Å². The van der Waals surface area contributed by atoms with Gasteiger partial charge in [-0.1, -0.05) is 50.5 Å². The molecule has 1 aromatic carbocycles. The Morgan fingerprint density at radius 2 is 1.78 bits per heavy atom. The van der Waals surface area contributed by atoms with Gasteiger partial charge in [0.25, 0.3) is 0 Å². The third-order valence-electron chi connectivity index (χ3n) is 11.7. The molecule has 4 aliphatic rings. The number of allylic oxidation sites excluding steroid dienone is 6. The third kappa shape index (κ3) is 4.54. The van der Waals surface area contributed by atoms with Crippen LogP contribution in [-0.2, 0) is 24.5 Å². The molecule has 2 aromatic rings. The van der Waals surface area contributed by atoms with Gasteiger partial charge in [0.2, 0.25) is 5.78 Å². The molecule has 45 heavy (non-hydrogen) atoms. The first kappa shape index (κ1) is 31.1. The molecule has 0 aliphatic heterocycles. The van der Waals surface area contributed by atoms with Crippen LogP contribution in [0.4, 0.5) is 0 Å². The number of benzene rings is 1. The summed E-state index contributed by atoms with van der Waals surface area (Å²) in [7, 11) is 2.88. The molecule has 1 heterocycles. The van der Waals surface area contributed by atoms with E-state index in [4.69, 9.17) is 13.9 Å². The van der Waals surface area contributed by atoms with Crippen molar-refractivity contribution in [3.8, 4) is 5.75 Å². The molecule has 8 heteroatoms. The average molecular weight is 615 g/mol. The monoisotopic (exact) mass is 614 g/mol. The Morgan fingerprint density at radius 1 is 1.02 bits per heavy atom. The first-order valence-electron chi connectivity index (χ1n) is 15.9. The number of rotatable bonds is 6. The number of hydrogen-bond acceptors (Lipinski definition) is 7. The van der Waals surface area contributed by atoms with Crippen LogP contribution in [0.5, 0.6) is 5.75 Å². The zero-order valence-corrected chi connectivity index (χ0v) is 26.9. The standard InChI is InChI=1S/C37H42O8/c1-20-9-12-25-33(40)30(44-6)18-31(39)37(25,32-17-28(38)22-11-10-21(43-5)16-29(22)45-32)27(20)19-36(4)24-8-7-15-35(2,3)23(24)13-14-26(36)34(41)42/h9-11,13,16-18,24-27H,7-8,12,14-15,19H2,1-6H3,(H,41,42)/t24-,25+,26-,27-,36+,37+/m1/s1. The SMILES string of the molecule is COC1=CC(=O)[C@@]2(c3cc(=O)c4ccc(OC)cc4o3)[C@H](C[C@]3(C)[C@@H](C(=O)O)CC=C4[C@H]3CCCC4(C)C)C(C)=CC[C@H]2C1=O. The van der Waals surface area contributed by atoms with E-state index in [1.807, 2.05) is 13.0 Å². The van der Waals surface area contributed by atoms with E-state index in [0.717, 1.165) is 24.8 Å². The van der Waals surface area contributed by atoms with Crippen LogP contribution < -0.4 is 10.2 Å². The van der Waals surface area contributed by atoms with Gasteiger partial charge in [-0.3, -0.25) is 19.2 Å². The zero-order chi connectivity index (χ0) is 32.5. The lowest BCUT2D eigenvalue weighted by atomic mass is 9.46. The molecule has 6 atom stereocenters. The maximum absolute atomic E-state index is 14.7. The number of carboxylic acid groups (broad SMARTS) is 1. The molecule has 4 aliphatic carbocycles. The van der Waals surface area contributed by atoms with Crippen LogP contribution in [0.25, 0.3) is 11.0 Å². The largest absolute Gasteiger partial charge is 0.497 e. The minimum Gasteiger partial charge on any atom is -0.497 e. The second kappa shape index (κ2) is 10.8. The predicted octanol–water partition coefficient (Wildman–Crippen LogP) is 6.56. The highest BCUT2D eigenvalue weighted by Gasteiger charge is 2.63. The van der Waals surface area contributed by atoms with E-state index in [2.05, 4.69) is 26.8 Å². The molecule has 1 saturated carbocycles. The predicted molar refractivity (Wildman–Crippen MR) is 169 cm³/mol. The first-order valence-corrected chi connectivity index (χ1v) is 15.9. The topological polar surface area (TPSA) is 120 Å². The molecule has 1 fully saturated rings. The third-order valence-corrected chi connectivity index (χ3v) is 11.7. The average Bonchev–Trinajstić information content (AvgIpc) is 2.99. The fraction of sp³-hybridized carbons (Fsp3) is 0.514. The van der Waals surface area contributed by atoms with Crippen LogP contribution in [0.1, 0.15) is 72.0 Å². The Morgan fingerprint density at radius 3 is 2.47 bits per heavy atom. The number of carbonyl (C=O) groups is 3. The molecular weight excluding hydrogens is 572 g/mol. The van der Waals surface area contributed by atoms with Gasteiger partial charge in [-0.2, -0.15) is 0 Å². The van der Waals surface area contributed by atoms with Crippen molar-refractivity contribution in [2.24, 2.45) is 34.5 Å². The number of hydrogen-bond donors (Lipinski definition) is 1. The van der Waals surface area contributed by atoms with E-state index >= 15 is 0 Å². The molecule has 0 amide bonds. The van der Waals surface area contributed by atoms with Gasteiger partial charge in [-0.05, 0) is 67.9 Å². The van der Waals surface area contributed by atoms with E-state index in [1.54, 1.807) is 18.2 Å². The molecule has 0 spiro atoms. The van der Waals surface area contributed by atoms with E-state index in [-0.39, 0.29) is 51.9 Å². The zero-order valence-electron chi connectivity index (χ0n) is 26.9. The van der Waals surface area contributed by atoms with E-state index < -0.39 is 34.6 Å². The Labute approximate surface area is 263 Å². The van der Waals surface area contributed by atoms with E-state index in [0.29, 0.717) is 24.0 Å².